The lowest BCUT2D eigenvalue weighted by Crippen LogP contribution is -2.66. The molecule has 2 saturated heterocycles. The zero-order chi connectivity index (χ0) is 13.3. The molecule has 2 amide bonds. The molecule has 2 rings (SSSR count). The van der Waals surface area contributed by atoms with Crippen LogP contribution in [0.15, 0.2) is 0 Å². The number of hydrogen-bond donors (Lipinski definition) is 1. The topological polar surface area (TPSA) is 52.6 Å². The van der Waals surface area contributed by atoms with Gasteiger partial charge in [-0.15, -0.1) is 0 Å². The Morgan fingerprint density at radius 1 is 1.33 bits per heavy atom. The molecule has 1 atom stereocenters. The molecule has 5 heteroatoms. The molecule has 1 N–H and O–H groups in total. The van der Waals surface area contributed by atoms with E-state index in [2.05, 4.69) is 5.32 Å². The SMILES string of the molecule is CN1CCN(C(=O)[C@@H]2CCCCN2)C(C)(C)C1=O. The van der Waals surface area contributed by atoms with E-state index in [0.29, 0.717) is 13.1 Å². The standard InChI is InChI=1S/C13H23N3O2/c1-13(2)12(18)15(3)8-9-16(13)11(17)10-6-4-5-7-14-10/h10,14H,4-9H2,1-3H3/t10-/m0/s1. The van der Waals surface area contributed by atoms with Gasteiger partial charge in [-0.2, -0.15) is 0 Å². The molecule has 0 aromatic carbocycles. The van der Waals surface area contributed by atoms with Crippen molar-refractivity contribution in [2.75, 3.05) is 26.7 Å². The van der Waals surface area contributed by atoms with Gasteiger partial charge in [0.15, 0.2) is 0 Å². The molecule has 2 fully saturated rings. The van der Waals surface area contributed by atoms with Crippen molar-refractivity contribution in [3.05, 3.63) is 0 Å². The van der Waals surface area contributed by atoms with Gasteiger partial charge in [0.05, 0.1) is 6.04 Å². The Labute approximate surface area is 108 Å². The van der Waals surface area contributed by atoms with Gasteiger partial charge >= 0.3 is 0 Å². The number of amides is 2. The number of nitrogens with zero attached hydrogens (tertiary/aromatic N) is 2. The van der Waals surface area contributed by atoms with Crippen molar-refractivity contribution in [2.24, 2.45) is 0 Å². The molecule has 0 saturated carbocycles. The van der Waals surface area contributed by atoms with Crippen LogP contribution in [0.1, 0.15) is 33.1 Å². The van der Waals surface area contributed by atoms with Gasteiger partial charge in [-0.05, 0) is 33.2 Å². The number of piperidine rings is 1. The van der Waals surface area contributed by atoms with Crippen molar-refractivity contribution < 1.29 is 9.59 Å². The Morgan fingerprint density at radius 2 is 2.06 bits per heavy atom. The normalized spacial score (nSPS) is 28.4. The van der Waals surface area contributed by atoms with Crippen LogP contribution in [0.3, 0.4) is 0 Å². The zero-order valence-corrected chi connectivity index (χ0v) is 11.5. The second kappa shape index (κ2) is 4.88. The Kier molecular flexibility index (Phi) is 3.61. The van der Waals surface area contributed by atoms with Crippen molar-refractivity contribution in [3.63, 3.8) is 0 Å². The summed E-state index contributed by atoms with van der Waals surface area (Å²) in [4.78, 5) is 28.1. The van der Waals surface area contributed by atoms with Gasteiger partial charge in [0.2, 0.25) is 11.8 Å². The van der Waals surface area contributed by atoms with Gasteiger partial charge in [0.25, 0.3) is 0 Å². The fourth-order valence-electron chi connectivity index (χ4n) is 2.85. The molecule has 2 aliphatic rings. The van der Waals surface area contributed by atoms with Gasteiger partial charge in [0, 0.05) is 20.1 Å². The maximum absolute atomic E-state index is 12.5. The van der Waals surface area contributed by atoms with Crippen molar-refractivity contribution in [2.45, 2.75) is 44.7 Å². The van der Waals surface area contributed by atoms with E-state index in [-0.39, 0.29) is 17.9 Å². The maximum atomic E-state index is 12.5. The number of rotatable bonds is 1. The van der Waals surface area contributed by atoms with E-state index in [9.17, 15) is 9.59 Å². The highest BCUT2D eigenvalue weighted by Gasteiger charge is 2.44. The highest BCUT2D eigenvalue weighted by Crippen LogP contribution is 2.24. The van der Waals surface area contributed by atoms with Gasteiger partial charge in [0.1, 0.15) is 5.54 Å². The number of carbonyl (C=O) groups excluding carboxylic acids is 2. The van der Waals surface area contributed by atoms with Crippen molar-refractivity contribution in [3.8, 4) is 0 Å². The molecule has 2 heterocycles. The smallest absolute Gasteiger partial charge is 0.247 e. The van der Waals surface area contributed by atoms with Crippen LogP contribution in [0.4, 0.5) is 0 Å². The molecule has 0 bridgehead atoms. The van der Waals surface area contributed by atoms with Gasteiger partial charge in [-0.1, -0.05) is 6.42 Å². The molecule has 5 nitrogen and oxygen atoms in total. The molecular formula is C13H23N3O2. The molecular weight excluding hydrogens is 230 g/mol. The number of carbonyl (C=O) groups is 2. The van der Waals surface area contributed by atoms with E-state index in [1.807, 2.05) is 13.8 Å². The summed E-state index contributed by atoms with van der Waals surface area (Å²) in [6, 6.07) is -0.103. The largest absolute Gasteiger partial charge is 0.342 e. The van der Waals surface area contributed by atoms with Crippen LogP contribution >= 0.6 is 0 Å². The van der Waals surface area contributed by atoms with Gasteiger partial charge < -0.3 is 15.1 Å². The maximum Gasteiger partial charge on any atom is 0.247 e. The Hall–Kier alpha value is -1.10. The summed E-state index contributed by atoms with van der Waals surface area (Å²) in [5.41, 5.74) is -0.719. The molecule has 0 aromatic rings. The van der Waals surface area contributed by atoms with Crippen LogP contribution in [0.2, 0.25) is 0 Å². The Morgan fingerprint density at radius 3 is 2.67 bits per heavy atom. The summed E-state index contributed by atoms with van der Waals surface area (Å²) in [6.45, 7) is 5.84. The highest BCUT2D eigenvalue weighted by molar-refractivity contribution is 5.93. The molecule has 0 aliphatic carbocycles. The third-order valence-electron chi connectivity index (χ3n) is 4.08. The summed E-state index contributed by atoms with van der Waals surface area (Å²) in [5.74, 6) is 0.110. The van der Waals surface area contributed by atoms with Crippen molar-refractivity contribution in [1.29, 1.82) is 0 Å². The summed E-state index contributed by atoms with van der Waals surface area (Å²) in [7, 11) is 1.80. The number of piperazine rings is 1. The first kappa shape index (κ1) is 13.3. The van der Waals surface area contributed by atoms with Crippen LogP contribution < -0.4 is 5.32 Å². The molecule has 0 spiro atoms. The summed E-state index contributed by atoms with van der Waals surface area (Å²) in [5, 5.41) is 3.26. The van der Waals surface area contributed by atoms with Crippen LogP contribution in [-0.4, -0.2) is 59.9 Å². The quantitative estimate of drug-likeness (QED) is 0.727. The van der Waals surface area contributed by atoms with E-state index in [4.69, 9.17) is 0 Å². The molecule has 2 aliphatic heterocycles. The van der Waals surface area contributed by atoms with E-state index in [1.165, 1.54) is 0 Å². The lowest BCUT2D eigenvalue weighted by atomic mass is 9.95. The predicted octanol–water partition coefficient (Wildman–Crippen LogP) is 0.208. The minimum absolute atomic E-state index is 0.0258. The molecule has 18 heavy (non-hydrogen) atoms. The first-order valence-corrected chi connectivity index (χ1v) is 6.75. The fourth-order valence-corrected chi connectivity index (χ4v) is 2.85. The lowest BCUT2D eigenvalue weighted by Gasteiger charge is -2.46. The summed E-state index contributed by atoms with van der Waals surface area (Å²) < 4.78 is 0. The first-order valence-electron chi connectivity index (χ1n) is 6.75. The predicted molar refractivity (Wildman–Crippen MR) is 69.1 cm³/mol. The third kappa shape index (κ3) is 2.23. The van der Waals surface area contributed by atoms with Crippen molar-refractivity contribution >= 4 is 11.8 Å². The monoisotopic (exact) mass is 253 g/mol. The molecule has 0 radical (unpaired) electrons. The number of likely N-dealkylation sites (N-methyl/N-ethyl adjacent to an activating group) is 1. The van der Waals surface area contributed by atoms with E-state index >= 15 is 0 Å². The average molecular weight is 253 g/mol. The summed E-state index contributed by atoms with van der Waals surface area (Å²) >= 11 is 0. The van der Waals surface area contributed by atoms with Crippen LogP contribution in [0.25, 0.3) is 0 Å². The Balaban J connectivity index is 2.11. The number of hydrogen-bond acceptors (Lipinski definition) is 3. The van der Waals surface area contributed by atoms with Crippen LogP contribution in [0.5, 0.6) is 0 Å². The lowest BCUT2D eigenvalue weighted by molar-refractivity contribution is -0.158. The van der Waals surface area contributed by atoms with Crippen LogP contribution in [0, 0.1) is 0 Å². The van der Waals surface area contributed by atoms with E-state index in [0.717, 1.165) is 25.8 Å². The molecule has 102 valence electrons. The van der Waals surface area contributed by atoms with Gasteiger partial charge in [-0.3, -0.25) is 9.59 Å². The first-order chi connectivity index (χ1) is 8.44. The van der Waals surface area contributed by atoms with Crippen LogP contribution in [-0.2, 0) is 9.59 Å². The average Bonchev–Trinajstić information content (AvgIpc) is 2.36. The fraction of sp³-hybridized carbons (Fsp3) is 0.846. The second-order valence-corrected chi connectivity index (χ2v) is 5.78. The molecule has 0 unspecified atom stereocenters. The zero-order valence-electron chi connectivity index (χ0n) is 11.5. The summed E-state index contributed by atoms with van der Waals surface area (Å²) in [6.07, 6.45) is 3.11. The Bertz CT molecular complexity index is 348. The minimum atomic E-state index is -0.719. The third-order valence-corrected chi connectivity index (χ3v) is 4.08. The van der Waals surface area contributed by atoms with E-state index < -0.39 is 5.54 Å². The van der Waals surface area contributed by atoms with Crippen molar-refractivity contribution in [1.82, 2.24) is 15.1 Å². The van der Waals surface area contributed by atoms with Gasteiger partial charge in [-0.25, -0.2) is 0 Å². The number of nitrogens with one attached hydrogen (secondary N) is 1. The minimum Gasteiger partial charge on any atom is -0.342 e. The second-order valence-electron chi connectivity index (χ2n) is 5.78. The highest BCUT2D eigenvalue weighted by atomic mass is 16.2. The molecule has 0 aromatic heterocycles. The van der Waals surface area contributed by atoms with E-state index in [1.54, 1.807) is 16.8 Å².